The molecule has 0 saturated heterocycles. The Kier molecular flexibility index (Phi) is 3.95. The van der Waals surface area contributed by atoms with E-state index in [1.807, 2.05) is 0 Å². The molecule has 0 spiro atoms. The van der Waals surface area contributed by atoms with Gasteiger partial charge in [-0.1, -0.05) is 17.8 Å². The van der Waals surface area contributed by atoms with Crippen LogP contribution in [0.25, 0.3) is 0 Å². The van der Waals surface area contributed by atoms with E-state index in [4.69, 9.17) is 5.84 Å². The fourth-order valence-electron chi connectivity index (χ4n) is 1.26. The van der Waals surface area contributed by atoms with Crippen LogP contribution in [0.1, 0.15) is 0 Å². The van der Waals surface area contributed by atoms with E-state index in [2.05, 4.69) is 15.5 Å². The molecule has 0 aliphatic rings. The van der Waals surface area contributed by atoms with Crippen molar-refractivity contribution in [2.75, 3.05) is 16.9 Å². The van der Waals surface area contributed by atoms with Crippen LogP contribution in [0.5, 0.6) is 0 Å². The maximum atomic E-state index is 13.3. The summed E-state index contributed by atoms with van der Waals surface area (Å²) < 4.78 is 27.7. The van der Waals surface area contributed by atoms with Crippen LogP contribution in [0.2, 0.25) is 0 Å². The second-order valence-corrected chi connectivity index (χ2v) is 4.40. The molecule has 0 radical (unpaired) electrons. The number of nitrogen functional groups attached to an aromatic ring is 1. The summed E-state index contributed by atoms with van der Waals surface area (Å²) in [5.74, 6) is 3.11. The summed E-state index contributed by atoms with van der Waals surface area (Å²) in [6.07, 6.45) is 1.27. The van der Waals surface area contributed by atoms with E-state index in [1.54, 1.807) is 0 Å². The van der Waals surface area contributed by atoms with Gasteiger partial charge >= 0.3 is 0 Å². The zero-order valence-corrected chi connectivity index (χ0v) is 10.3. The lowest BCUT2D eigenvalue weighted by atomic mass is 10.3. The van der Waals surface area contributed by atoms with E-state index in [-0.39, 0.29) is 5.75 Å². The Morgan fingerprint density at radius 1 is 1.42 bits per heavy atom. The molecule has 6 nitrogen and oxygen atoms in total. The van der Waals surface area contributed by atoms with Crippen molar-refractivity contribution >= 4 is 23.4 Å². The molecule has 3 N–H and O–H groups in total. The summed E-state index contributed by atoms with van der Waals surface area (Å²) in [5.41, 5.74) is -0.470. The average Bonchev–Trinajstić information content (AvgIpc) is 2.77. The first-order chi connectivity index (χ1) is 9.08. The van der Waals surface area contributed by atoms with Crippen molar-refractivity contribution in [3.8, 4) is 0 Å². The summed E-state index contributed by atoms with van der Waals surface area (Å²) in [6.45, 7) is 0. The van der Waals surface area contributed by atoms with E-state index in [0.717, 1.165) is 28.6 Å². The molecule has 1 heterocycles. The van der Waals surface area contributed by atoms with Crippen LogP contribution < -0.4 is 11.2 Å². The van der Waals surface area contributed by atoms with Crippen LogP contribution in [0.3, 0.4) is 0 Å². The van der Waals surface area contributed by atoms with Crippen molar-refractivity contribution in [1.82, 2.24) is 14.9 Å². The predicted octanol–water partition coefficient (Wildman–Crippen LogP) is 1.00. The fourth-order valence-corrected chi connectivity index (χ4v) is 1.89. The van der Waals surface area contributed by atoms with Crippen LogP contribution in [0, 0.1) is 11.6 Å². The number of thioether (sulfide) groups is 1. The van der Waals surface area contributed by atoms with Gasteiger partial charge in [0.25, 0.3) is 0 Å². The number of carbonyl (C=O) groups excluding carboxylic acids is 1. The van der Waals surface area contributed by atoms with E-state index >= 15 is 0 Å². The van der Waals surface area contributed by atoms with Crippen LogP contribution in [0.4, 0.5) is 14.5 Å². The average molecular weight is 285 g/mol. The minimum atomic E-state index is -0.833. The Balaban J connectivity index is 1.97. The molecule has 0 saturated carbocycles. The minimum Gasteiger partial charge on any atom is -0.336 e. The van der Waals surface area contributed by atoms with E-state index in [9.17, 15) is 13.6 Å². The second kappa shape index (κ2) is 5.65. The molecule has 1 aromatic carbocycles. The summed E-state index contributed by atoms with van der Waals surface area (Å²) >= 11 is 1.00. The Hall–Kier alpha value is -2.16. The number of halogens is 2. The van der Waals surface area contributed by atoms with Crippen LogP contribution >= 0.6 is 11.8 Å². The summed E-state index contributed by atoms with van der Waals surface area (Å²) in [5, 5.41) is 9.66. The number of rotatable bonds is 4. The lowest BCUT2D eigenvalue weighted by Crippen LogP contribution is -2.17. The van der Waals surface area contributed by atoms with Crippen molar-refractivity contribution in [1.29, 1.82) is 0 Å². The Morgan fingerprint density at radius 2 is 2.11 bits per heavy atom. The Bertz CT molecular complexity index is 583. The largest absolute Gasteiger partial charge is 0.336 e. The smallest absolute Gasteiger partial charge is 0.235 e. The van der Waals surface area contributed by atoms with Gasteiger partial charge in [0.05, 0.1) is 5.75 Å². The minimum absolute atomic E-state index is 0.0936. The molecule has 1 aromatic heterocycles. The zero-order chi connectivity index (χ0) is 13.8. The standard InChI is InChI=1S/C10H9F2N5OS/c11-6-2-1-3-7(12)9(6)15-8(18)4-19-10-16-14-5-17(10)13/h1-3,5H,4,13H2,(H,15,18). The number of benzene rings is 1. The molecule has 0 unspecified atom stereocenters. The Morgan fingerprint density at radius 3 is 2.68 bits per heavy atom. The summed E-state index contributed by atoms with van der Waals surface area (Å²) in [7, 11) is 0. The number of anilines is 1. The number of nitrogens with zero attached hydrogens (tertiary/aromatic N) is 3. The highest BCUT2D eigenvalue weighted by atomic mass is 32.2. The maximum absolute atomic E-state index is 13.3. The number of hydrogen-bond acceptors (Lipinski definition) is 5. The SMILES string of the molecule is Nn1cnnc1SCC(=O)Nc1c(F)cccc1F. The second-order valence-electron chi connectivity index (χ2n) is 3.45. The number of amides is 1. The lowest BCUT2D eigenvalue weighted by molar-refractivity contribution is -0.113. The molecule has 100 valence electrons. The summed E-state index contributed by atoms with van der Waals surface area (Å²) in [6, 6.07) is 3.33. The third kappa shape index (κ3) is 3.19. The van der Waals surface area contributed by atoms with Gasteiger partial charge in [-0.2, -0.15) is 0 Å². The van der Waals surface area contributed by atoms with Gasteiger partial charge < -0.3 is 11.2 Å². The highest BCUT2D eigenvalue weighted by Gasteiger charge is 2.13. The highest BCUT2D eigenvalue weighted by molar-refractivity contribution is 7.99. The quantitative estimate of drug-likeness (QED) is 0.646. The van der Waals surface area contributed by atoms with Gasteiger partial charge in [-0.3, -0.25) is 4.79 Å². The third-order valence-corrected chi connectivity index (χ3v) is 3.06. The molecule has 0 atom stereocenters. The number of nitrogens with two attached hydrogens (primary N) is 1. The first-order valence-electron chi connectivity index (χ1n) is 5.09. The van der Waals surface area contributed by atoms with E-state index in [0.29, 0.717) is 5.16 Å². The Labute approximate surface area is 111 Å². The van der Waals surface area contributed by atoms with Gasteiger partial charge in [0.2, 0.25) is 11.1 Å². The van der Waals surface area contributed by atoms with Gasteiger partial charge in [0.15, 0.2) is 0 Å². The van der Waals surface area contributed by atoms with E-state index < -0.39 is 23.2 Å². The molecule has 2 rings (SSSR count). The van der Waals surface area contributed by atoms with Crippen molar-refractivity contribution < 1.29 is 13.6 Å². The molecular weight excluding hydrogens is 276 g/mol. The van der Waals surface area contributed by atoms with Crippen molar-refractivity contribution in [2.45, 2.75) is 5.16 Å². The van der Waals surface area contributed by atoms with Gasteiger partial charge in [-0.25, -0.2) is 13.5 Å². The molecule has 0 aliphatic carbocycles. The predicted molar refractivity (Wildman–Crippen MR) is 65.9 cm³/mol. The first kappa shape index (κ1) is 13.3. The van der Waals surface area contributed by atoms with Crippen molar-refractivity contribution in [3.63, 3.8) is 0 Å². The third-order valence-electron chi connectivity index (χ3n) is 2.10. The van der Waals surface area contributed by atoms with Crippen molar-refractivity contribution in [2.24, 2.45) is 0 Å². The molecule has 19 heavy (non-hydrogen) atoms. The monoisotopic (exact) mass is 285 g/mol. The molecular formula is C10H9F2N5OS. The maximum Gasteiger partial charge on any atom is 0.235 e. The number of hydrogen-bond donors (Lipinski definition) is 2. The van der Waals surface area contributed by atoms with Crippen molar-refractivity contribution in [3.05, 3.63) is 36.2 Å². The number of nitrogens with one attached hydrogen (secondary N) is 1. The number of carbonyl (C=O) groups is 1. The number of para-hydroxylation sites is 1. The number of aromatic nitrogens is 3. The molecule has 2 aromatic rings. The topological polar surface area (TPSA) is 85.8 Å². The highest BCUT2D eigenvalue weighted by Crippen LogP contribution is 2.19. The molecule has 1 amide bonds. The van der Waals surface area contributed by atoms with E-state index in [1.165, 1.54) is 12.4 Å². The first-order valence-corrected chi connectivity index (χ1v) is 6.08. The van der Waals surface area contributed by atoms with Gasteiger partial charge in [-0.15, -0.1) is 10.2 Å². The van der Waals surface area contributed by atoms with Crippen LogP contribution in [-0.4, -0.2) is 26.5 Å². The van der Waals surface area contributed by atoms with Gasteiger partial charge in [0, 0.05) is 0 Å². The van der Waals surface area contributed by atoms with Crippen LogP contribution in [-0.2, 0) is 4.79 Å². The zero-order valence-electron chi connectivity index (χ0n) is 9.51. The van der Waals surface area contributed by atoms with Gasteiger partial charge in [0.1, 0.15) is 23.6 Å². The molecule has 9 heteroatoms. The molecule has 0 fully saturated rings. The molecule has 0 bridgehead atoms. The van der Waals surface area contributed by atoms with Crippen LogP contribution in [0.15, 0.2) is 29.7 Å². The normalized spacial score (nSPS) is 10.4. The summed E-state index contributed by atoms with van der Waals surface area (Å²) in [4.78, 5) is 11.6. The lowest BCUT2D eigenvalue weighted by Gasteiger charge is -2.06. The molecule has 0 aliphatic heterocycles. The van der Waals surface area contributed by atoms with Gasteiger partial charge in [-0.05, 0) is 12.1 Å². The fraction of sp³-hybridized carbons (Fsp3) is 0.100.